The third kappa shape index (κ3) is 2.88. The highest BCUT2D eigenvalue weighted by Gasteiger charge is 2.00. The molecular weight excluding hydrogens is 184 g/mol. The van der Waals surface area contributed by atoms with Crippen LogP contribution in [0.2, 0.25) is 0 Å². The van der Waals surface area contributed by atoms with Crippen molar-refractivity contribution in [3.8, 4) is 0 Å². The molecule has 0 saturated heterocycles. The fourth-order valence-electron chi connectivity index (χ4n) is 1.05. The predicted molar refractivity (Wildman–Crippen MR) is 55.3 cm³/mol. The largest absolute Gasteiger partial charge is 0.301 e. The van der Waals surface area contributed by atoms with Crippen molar-refractivity contribution in [3.63, 3.8) is 0 Å². The monoisotopic (exact) mass is 198 g/mol. The maximum Gasteiger partial charge on any atom is 0.254 e. The zero-order valence-electron chi connectivity index (χ0n) is 7.96. The zero-order valence-corrected chi connectivity index (χ0v) is 8.78. The van der Waals surface area contributed by atoms with E-state index in [0.717, 1.165) is 24.8 Å². The molecule has 0 aliphatic carbocycles. The van der Waals surface area contributed by atoms with E-state index in [9.17, 15) is 4.79 Å². The minimum absolute atomic E-state index is 0.00722. The van der Waals surface area contributed by atoms with Crippen molar-refractivity contribution in [1.29, 1.82) is 0 Å². The molecule has 0 aromatic carbocycles. The van der Waals surface area contributed by atoms with Gasteiger partial charge < -0.3 is 4.98 Å². The molecule has 0 unspecified atom stereocenters. The van der Waals surface area contributed by atoms with Crippen LogP contribution in [0.25, 0.3) is 0 Å². The van der Waals surface area contributed by atoms with Gasteiger partial charge in [0, 0.05) is 11.8 Å². The lowest BCUT2D eigenvalue weighted by Gasteiger charge is -1.99. The molecule has 1 N–H and O–H groups in total. The Labute approximate surface area is 82.0 Å². The maximum atomic E-state index is 11.4. The number of thioether (sulfide) groups is 1. The first-order valence-electron chi connectivity index (χ1n) is 4.40. The molecule has 13 heavy (non-hydrogen) atoms. The summed E-state index contributed by atoms with van der Waals surface area (Å²) in [6.45, 7) is 2.11. The van der Waals surface area contributed by atoms with E-state index in [0.29, 0.717) is 5.16 Å². The number of hydrogen-bond acceptors (Lipinski definition) is 3. The second kappa shape index (κ2) is 5.07. The first-order valence-corrected chi connectivity index (χ1v) is 5.62. The molecule has 0 fully saturated rings. The Bertz CT molecular complexity index is 322. The van der Waals surface area contributed by atoms with E-state index in [4.69, 9.17) is 0 Å². The Hall–Kier alpha value is -0.770. The second-order valence-electron chi connectivity index (χ2n) is 2.85. The molecule has 0 bridgehead atoms. The average molecular weight is 198 g/mol. The van der Waals surface area contributed by atoms with E-state index < -0.39 is 0 Å². The smallest absolute Gasteiger partial charge is 0.254 e. The van der Waals surface area contributed by atoms with Crippen LogP contribution >= 0.6 is 11.8 Å². The Balaban J connectivity index is 2.80. The molecule has 1 rings (SSSR count). The van der Waals surface area contributed by atoms with Gasteiger partial charge in [-0.3, -0.25) is 4.79 Å². The van der Waals surface area contributed by atoms with Crippen molar-refractivity contribution in [3.05, 3.63) is 22.1 Å². The van der Waals surface area contributed by atoms with Gasteiger partial charge in [0.25, 0.3) is 5.56 Å². The number of unbranched alkanes of at least 4 members (excludes halogenated alkanes) is 1. The second-order valence-corrected chi connectivity index (χ2v) is 3.65. The highest BCUT2D eigenvalue weighted by atomic mass is 32.2. The molecule has 3 nitrogen and oxygen atoms in total. The number of aromatic nitrogens is 2. The van der Waals surface area contributed by atoms with Crippen LogP contribution in [0.4, 0.5) is 0 Å². The Morgan fingerprint density at radius 1 is 1.62 bits per heavy atom. The Morgan fingerprint density at radius 3 is 2.92 bits per heavy atom. The highest BCUT2D eigenvalue weighted by molar-refractivity contribution is 7.98. The van der Waals surface area contributed by atoms with Gasteiger partial charge in [0.1, 0.15) is 0 Å². The van der Waals surface area contributed by atoms with E-state index >= 15 is 0 Å². The van der Waals surface area contributed by atoms with Crippen molar-refractivity contribution in [1.82, 2.24) is 9.97 Å². The van der Waals surface area contributed by atoms with Gasteiger partial charge in [0.15, 0.2) is 5.16 Å². The van der Waals surface area contributed by atoms with Gasteiger partial charge in [-0.15, -0.1) is 0 Å². The third-order valence-corrected chi connectivity index (χ3v) is 2.44. The first kappa shape index (κ1) is 10.3. The summed E-state index contributed by atoms with van der Waals surface area (Å²) in [6, 6.07) is 0. The lowest BCUT2D eigenvalue weighted by Crippen LogP contribution is -2.14. The summed E-state index contributed by atoms with van der Waals surface area (Å²) in [5.74, 6) is 0. The molecule has 0 aliphatic rings. The van der Waals surface area contributed by atoms with Crippen molar-refractivity contribution >= 4 is 11.8 Å². The van der Waals surface area contributed by atoms with Gasteiger partial charge in [-0.25, -0.2) is 4.98 Å². The molecule has 4 heteroatoms. The molecular formula is C9H14N2OS. The summed E-state index contributed by atoms with van der Waals surface area (Å²) >= 11 is 1.45. The quantitative estimate of drug-likeness (QED) is 0.593. The predicted octanol–water partition coefficient (Wildman–Crippen LogP) is 1.83. The molecule has 0 saturated carbocycles. The van der Waals surface area contributed by atoms with Crippen molar-refractivity contribution in [2.75, 3.05) is 6.26 Å². The number of rotatable bonds is 4. The van der Waals surface area contributed by atoms with E-state index in [1.807, 2.05) is 6.26 Å². The summed E-state index contributed by atoms with van der Waals surface area (Å²) in [5, 5.41) is 0.685. The maximum absolute atomic E-state index is 11.4. The minimum atomic E-state index is 0.00722. The van der Waals surface area contributed by atoms with Crippen LogP contribution < -0.4 is 5.56 Å². The van der Waals surface area contributed by atoms with Gasteiger partial charge >= 0.3 is 0 Å². The van der Waals surface area contributed by atoms with E-state index in [1.165, 1.54) is 11.8 Å². The molecule has 1 aromatic heterocycles. The van der Waals surface area contributed by atoms with Gasteiger partial charge in [0.2, 0.25) is 0 Å². The number of aryl methyl sites for hydroxylation is 1. The summed E-state index contributed by atoms with van der Waals surface area (Å²) < 4.78 is 0. The fourth-order valence-corrected chi connectivity index (χ4v) is 1.41. The van der Waals surface area contributed by atoms with Crippen LogP contribution in [-0.4, -0.2) is 16.2 Å². The number of nitrogens with one attached hydrogen (secondary N) is 1. The number of nitrogens with zero attached hydrogens (tertiary/aromatic N) is 1. The van der Waals surface area contributed by atoms with Crippen LogP contribution in [0.5, 0.6) is 0 Å². The lowest BCUT2D eigenvalue weighted by atomic mass is 10.1. The summed E-state index contributed by atoms with van der Waals surface area (Å²) in [5.41, 5.74) is 0.799. The van der Waals surface area contributed by atoms with Gasteiger partial charge in [-0.1, -0.05) is 25.1 Å². The van der Waals surface area contributed by atoms with E-state index in [2.05, 4.69) is 16.9 Å². The van der Waals surface area contributed by atoms with Crippen LogP contribution in [0.1, 0.15) is 25.3 Å². The van der Waals surface area contributed by atoms with Crippen molar-refractivity contribution in [2.24, 2.45) is 0 Å². The topological polar surface area (TPSA) is 45.8 Å². The highest BCUT2D eigenvalue weighted by Crippen LogP contribution is 2.05. The van der Waals surface area contributed by atoms with E-state index in [-0.39, 0.29) is 5.56 Å². The standard InChI is InChI=1S/C9H14N2OS/c1-3-4-5-7-6-10-9(13-2)11-8(7)12/h6H,3-5H2,1-2H3,(H,10,11,12). The Kier molecular flexibility index (Phi) is 4.02. The van der Waals surface area contributed by atoms with E-state index in [1.54, 1.807) is 6.20 Å². The molecule has 0 aliphatic heterocycles. The number of hydrogen-bond donors (Lipinski definition) is 1. The third-order valence-electron chi connectivity index (χ3n) is 1.84. The van der Waals surface area contributed by atoms with Crippen LogP contribution in [0.15, 0.2) is 16.1 Å². The molecule has 72 valence electrons. The average Bonchev–Trinajstić information content (AvgIpc) is 2.16. The first-order chi connectivity index (χ1) is 6.27. The summed E-state index contributed by atoms with van der Waals surface area (Å²) in [6.07, 6.45) is 6.55. The molecule has 0 amide bonds. The molecule has 0 atom stereocenters. The van der Waals surface area contributed by atoms with Gasteiger partial charge in [-0.05, 0) is 19.1 Å². The number of aromatic amines is 1. The Morgan fingerprint density at radius 2 is 2.38 bits per heavy atom. The lowest BCUT2D eigenvalue weighted by molar-refractivity contribution is 0.770. The van der Waals surface area contributed by atoms with Crippen LogP contribution in [0.3, 0.4) is 0 Å². The van der Waals surface area contributed by atoms with Crippen molar-refractivity contribution in [2.45, 2.75) is 31.3 Å². The SMILES string of the molecule is CCCCc1cnc(SC)[nH]c1=O. The fraction of sp³-hybridized carbons (Fsp3) is 0.556. The normalized spacial score (nSPS) is 10.3. The summed E-state index contributed by atoms with van der Waals surface area (Å²) in [7, 11) is 0. The molecule has 1 heterocycles. The molecule has 0 spiro atoms. The zero-order chi connectivity index (χ0) is 9.68. The van der Waals surface area contributed by atoms with Gasteiger partial charge in [-0.2, -0.15) is 0 Å². The molecule has 0 radical (unpaired) electrons. The van der Waals surface area contributed by atoms with Crippen molar-refractivity contribution < 1.29 is 0 Å². The molecule has 1 aromatic rings. The van der Waals surface area contributed by atoms with Gasteiger partial charge in [0.05, 0.1) is 0 Å². The number of H-pyrrole nitrogens is 1. The van der Waals surface area contributed by atoms with Crippen LogP contribution in [0, 0.1) is 0 Å². The minimum Gasteiger partial charge on any atom is -0.301 e. The van der Waals surface area contributed by atoms with Crippen LogP contribution in [-0.2, 0) is 6.42 Å². The summed E-state index contributed by atoms with van der Waals surface area (Å²) in [4.78, 5) is 18.2.